The van der Waals surface area contributed by atoms with Gasteiger partial charge in [0.15, 0.2) is 0 Å². The van der Waals surface area contributed by atoms with E-state index < -0.39 is 0 Å². The van der Waals surface area contributed by atoms with Crippen molar-refractivity contribution >= 4 is 11.8 Å². The van der Waals surface area contributed by atoms with Gasteiger partial charge in [-0.15, -0.1) is 5.10 Å². The molecule has 1 heterocycles. The van der Waals surface area contributed by atoms with E-state index in [4.69, 9.17) is 5.26 Å². The second-order valence-corrected chi connectivity index (χ2v) is 5.14. The molecule has 5 heteroatoms. The summed E-state index contributed by atoms with van der Waals surface area (Å²) in [5.41, 5.74) is 0. The Morgan fingerprint density at radius 2 is 2.25 bits per heavy atom. The van der Waals surface area contributed by atoms with Crippen LogP contribution < -0.4 is 0 Å². The minimum absolute atomic E-state index is 0.417. The first-order chi connectivity index (χ1) is 7.88. The molecule has 1 N–H and O–H groups in total. The van der Waals surface area contributed by atoms with Crippen molar-refractivity contribution in [1.29, 1.82) is 5.26 Å². The zero-order chi connectivity index (χ0) is 11.2. The van der Waals surface area contributed by atoms with Crippen LogP contribution in [0, 0.1) is 17.2 Å². The lowest BCUT2D eigenvalue weighted by molar-refractivity contribution is 0.497. The number of aromatic amines is 1. The highest BCUT2D eigenvalue weighted by Crippen LogP contribution is 2.28. The summed E-state index contributed by atoms with van der Waals surface area (Å²) in [6.45, 7) is 0. The van der Waals surface area contributed by atoms with Crippen molar-refractivity contribution in [2.75, 3.05) is 5.75 Å². The van der Waals surface area contributed by atoms with E-state index in [-0.39, 0.29) is 0 Å². The van der Waals surface area contributed by atoms with E-state index in [2.05, 4.69) is 21.3 Å². The van der Waals surface area contributed by atoms with E-state index in [9.17, 15) is 0 Å². The molecule has 0 unspecified atom stereocenters. The van der Waals surface area contributed by atoms with Gasteiger partial charge in [-0.05, 0) is 12.3 Å². The molecule has 0 aromatic carbocycles. The smallest absolute Gasteiger partial charge is 0.209 e. The molecule has 1 aliphatic carbocycles. The number of hydrogen-bond acceptors (Lipinski definition) is 4. The Balaban J connectivity index is 1.76. The normalized spacial score (nSPS) is 16.4. The summed E-state index contributed by atoms with van der Waals surface area (Å²) in [7, 11) is 0. The molecular formula is C11H16N4S. The molecule has 86 valence electrons. The van der Waals surface area contributed by atoms with Gasteiger partial charge in [-0.25, -0.2) is 4.98 Å². The summed E-state index contributed by atoms with van der Waals surface area (Å²) in [5, 5.41) is 16.2. The number of nitrogens with one attached hydrogen (secondary N) is 1. The predicted molar refractivity (Wildman–Crippen MR) is 63.0 cm³/mol. The van der Waals surface area contributed by atoms with E-state index in [1.54, 1.807) is 0 Å². The minimum Gasteiger partial charge on any atom is -0.262 e. The maximum absolute atomic E-state index is 8.44. The van der Waals surface area contributed by atoms with Gasteiger partial charge in [-0.1, -0.05) is 37.4 Å². The average molecular weight is 236 g/mol. The number of nitrogens with zero attached hydrogens (tertiary/aromatic N) is 3. The largest absolute Gasteiger partial charge is 0.262 e. The van der Waals surface area contributed by atoms with Crippen LogP contribution in [0.4, 0.5) is 0 Å². The molecule has 0 radical (unpaired) electrons. The van der Waals surface area contributed by atoms with Crippen molar-refractivity contribution in [3.05, 3.63) is 5.82 Å². The predicted octanol–water partition coefficient (Wildman–Crippen LogP) is 2.54. The fourth-order valence-corrected chi connectivity index (χ4v) is 2.67. The third-order valence-electron chi connectivity index (χ3n) is 3.04. The van der Waals surface area contributed by atoms with Crippen LogP contribution in [0.2, 0.25) is 0 Å². The molecule has 0 spiro atoms. The third-order valence-corrected chi connectivity index (χ3v) is 3.76. The van der Waals surface area contributed by atoms with Gasteiger partial charge in [0.05, 0.1) is 11.8 Å². The Morgan fingerprint density at radius 1 is 1.44 bits per heavy atom. The zero-order valence-corrected chi connectivity index (χ0v) is 10.1. The number of aromatic nitrogens is 3. The van der Waals surface area contributed by atoms with Crippen LogP contribution in [-0.4, -0.2) is 20.9 Å². The number of H-pyrrole nitrogens is 1. The Hall–Kier alpha value is -1.02. The molecule has 16 heavy (non-hydrogen) atoms. The van der Waals surface area contributed by atoms with E-state index in [1.807, 2.05) is 0 Å². The van der Waals surface area contributed by atoms with Crippen LogP contribution in [0.3, 0.4) is 0 Å². The molecule has 4 nitrogen and oxygen atoms in total. The molecule has 0 saturated heterocycles. The first kappa shape index (κ1) is 11.5. The Kier molecular flexibility index (Phi) is 4.23. The summed E-state index contributed by atoms with van der Waals surface area (Å²) < 4.78 is 0. The highest BCUT2D eigenvalue weighted by molar-refractivity contribution is 7.99. The second kappa shape index (κ2) is 5.90. The quantitative estimate of drug-likeness (QED) is 0.798. The molecular weight excluding hydrogens is 220 g/mol. The van der Waals surface area contributed by atoms with E-state index >= 15 is 0 Å². The van der Waals surface area contributed by atoms with Gasteiger partial charge in [0.2, 0.25) is 5.16 Å². The van der Waals surface area contributed by atoms with Crippen molar-refractivity contribution in [2.45, 2.75) is 43.7 Å². The molecule has 0 bridgehead atoms. The number of thioether (sulfide) groups is 1. The van der Waals surface area contributed by atoms with Gasteiger partial charge in [-0.3, -0.25) is 5.10 Å². The molecule has 0 atom stereocenters. The topological polar surface area (TPSA) is 65.4 Å². The highest BCUT2D eigenvalue weighted by Gasteiger charge is 2.15. The van der Waals surface area contributed by atoms with E-state index in [0.717, 1.165) is 18.2 Å². The molecule has 1 aliphatic rings. The van der Waals surface area contributed by atoms with Crippen LogP contribution in [-0.2, 0) is 6.42 Å². The molecule has 1 saturated carbocycles. The maximum atomic E-state index is 8.44. The molecule has 1 fully saturated rings. The number of nitriles is 1. The van der Waals surface area contributed by atoms with Gasteiger partial charge >= 0.3 is 0 Å². The molecule has 1 aromatic heterocycles. The molecule has 2 rings (SSSR count). The third kappa shape index (κ3) is 3.24. The fourth-order valence-electron chi connectivity index (χ4n) is 2.19. The zero-order valence-electron chi connectivity index (χ0n) is 9.28. The van der Waals surface area contributed by atoms with Crippen molar-refractivity contribution < 1.29 is 0 Å². The molecule has 0 aliphatic heterocycles. The van der Waals surface area contributed by atoms with Crippen LogP contribution >= 0.6 is 11.8 Å². The summed E-state index contributed by atoms with van der Waals surface area (Å²) in [5.74, 6) is 2.27. The number of hydrogen-bond donors (Lipinski definition) is 1. The van der Waals surface area contributed by atoms with Crippen molar-refractivity contribution in [2.24, 2.45) is 5.92 Å². The first-order valence-electron chi connectivity index (χ1n) is 5.79. The first-order valence-corrected chi connectivity index (χ1v) is 6.78. The Morgan fingerprint density at radius 3 is 3.00 bits per heavy atom. The Labute approximate surface area is 99.8 Å². The Bertz CT molecular complexity index is 362. The van der Waals surface area contributed by atoms with Crippen LogP contribution in [0.5, 0.6) is 0 Å². The summed E-state index contributed by atoms with van der Waals surface area (Å²) in [6.07, 6.45) is 7.76. The minimum atomic E-state index is 0.417. The van der Waals surface area contributed by atoms with Gasteiger partial charge in [0.1, 0.15) is 5.82 Å². The number of rotatable bonds is 5. The van der Waals surface area contributed by atoms with Crippen LogP contribution in [0.15, 0.2) is 5.16 Å². The van der Waals surface area contributed by atoms with Gasteiger partial charge < -0.3 is 0 Å². The van der Waals surface area contributed by atoms with E-state index in [1.165, 1.54) is 43.9 Å². The van der Waals surface area contributed by atoms with Crippen molar-refractivity contribution in [3.8, 4) is 6.07 Å². The van der Waals surface area contributed by atoms with Crippen LogP contribution in [0.25, 0.3) is 0 Å². The lowest BCUT2D eigenvalue weighted by Gasteiger charge is -2.05. The lowest BCUT2D eigenvalue weighted by Crippen LogP contribution is -1.97. The van der Waals surface area contributed by atoms with E-state index in [0.29, 0.717) is 10.9 Å². The fraction of sp³-hybridized carbons (Fsp3) is 0.727. The summed E-state index contributed by atoms with van der Waals surface area (Å²) in [6, 6.07) is 2.07. The standard InChI is InChI=1S/C11H16N4S/c12-7-8-16-11-13-10(14-15-11)6-5-9-3-1-2-4-9/h9H,1-6,8H2,(H,13,14,15). The van der Waals surface area contributed by atoms with Gasteiger partial charge in [0, 0.05) is 6.42 Å². The van der Waals surface area contributed by atoms with Crippen molar-refractivity contribution in [1.82, 2.24) is 15.2 Å². The van der Waals surface area contributed by atoms with Gasteiger partial charge in [0.25, 0.3) is 0 Å². The average Bonchev–Trinajstić information content (AvgIpc) is 2.95. The highest BCUT2D eigenvalue weighted by atomic mass is 32.2. The summed E-state index contributed by atoms with van der Waals surface area (Å²) in [4.78, 5) is 4.35. The van der Waals surface area contributed by atoms with Gasteiger partial charge in [-0.2, -0.15) is 5.26 Å². The second-order valence-electron chi connectivity index (χ2n) is 4.20. The molecule has 0 amide bonds. The SMILES string of the molecule is N#CCSc1n[nH]c(CCC2CCCC2)n1. The lowest BCUT2D eigenvalue weighted by atomic mass is 10.0. The maximum Gasteiger partial charge on any atom is 0.209 e. The van der Waals surface area contributed by atoms with Crippen LogP contribution in [0.1, 0.15) is 37.9 Å². The molecule has 1 aromatic rings. The number of aryl methyl sites for hydroxylation is 1. The monoisotopic (exact) mass is 236 g/mol. The van der Waals surface area contributed by atoms with Crippen molar-refractivity contribution in [3.63, 3.8) is 0 Å². The summed E-state index contributed by atoms with van der Waals surface area (Å²) >= 11 is 1.38.